The predicted molar refractivity (Wildman–Crippen MR) is 99.4 cm³/mol. The minimum absolute atomic E-state index is 0.0431. The lowest BCUT2D eigenvalue weighted by atomic mass is 9.91. The Morgan fingerprint density at radius 2 is 2.08 bits per heavy atom. The molecule has 6 heteroatoms. The highest BCUT2D eigenvalue weighted by molar-refractivity contribution is 5.85. The molecule has 1 N–H and O–H groups in total. The van der Waals surface area contributed by atoms with Crippen molar-refractivity contribution in [3.05, 3.63) is 30.1 Å². The number of guanidine groups is 1. The number of hydrogen-bond donors (Lipinski definition) is 1. The van der Waals surface area contributed by atoms with Crippen molar-refractivity contribution in [3.63, 3.8) is 0 Å². The Morgan fingerprint density at radius 1 is 1.32 bits per heavy atom. The Labute approximate surface area is 150 Å². The van der Waals surface area contributed by atoms with Gasteiger partial charge in [-0.05, 0) is 49.7 Å². The number of nitrogens with one attached hydrogen (secondary N) is 1. The molecule has 1 saturated heterocycles. The Morgan fingerprint density at radius 3 is 2.68 bits per heavy atom. The van der Waals surface area contributed by atoms with E-state index < -0.39 is 0 Å². The molecule has 1 aromatic heterocycles. The van der Waals surface area contributed by atoms with Gasteiger partial charge in [0.1, 0.15) is 6.54 Å². The van der Waals surface area contributed by atoms with E-state index in [4.69, 9.17) is 0 Å². The van der Waals surface area contributed by atoms with Crippen LogP contribution < -0.4 is 5.32 Å². The average Bonchev–Trinajstić information content (AvgIpc) is 3.44. The zero-order valence-electron chi connectivity index (χ0n) is 15.3. The highest BCUT2D eigenvalue weighted by Crippen LogP contribution is 2.23. The molecule has 1 aliphatic heterocycles. The summed E-state index contributed by atoms with van der Waals surface area (Å²) < 4.78 is 0. The number of hydrogen-bond acceptors (Lipinski definition) is 3. The summed E-state index contributed by atoms with van der Waals surface area (Å²) in [6.07, 6.45) is 9.62. The fraction of sp³-hybridized carbons (Fsp3) is 0.632. The van der Waals surface area contributed by atoms with Gasteiger partial charge in [-0.1, -0.05) is 6.07 Å². The molecule has 2 aliphatic rings. The maximum atomic E-state index is 11.9. The van der Waals surface area contributed by atoms with E-state index in [1.54, 1.807) is 19.0 Å². The molecule has 0 spiro atoms. The van der Waals surface area contributed by atoms with Crippen molar-refractivity contribution in [1.82, 2.24) is 20.1 Å². The second-order valence-electron chi connectivity index (χ2n) is 7.34. The summed E-state index contributed by atoms with van der Waals surface area (Å²) in [5.74, 6) is 1.66. The fourth-order valence-electron chi connectivity index (χ4n) is 3.13. The highest BCUT2D eigenvalue weighted by atomic mass is 16.2. The Bertz CT molecular complexity index is 589. The Hall–Kier alpha value is -2.11. The largest absolute Gasteiger partial charge is 0.353 e. The average molecular weight is 343 g/mol. The zero-order chi connectivity index (χ0) is 17.6. The molecule has 0 unspecified atom stereocenters. The number of likely N-dealkylation sites (tertiary alicyclic amines) is 1. The van der Waals surface area contributed by atoms with Gasteiger partial charge in [0.05, 0.1) is 0 Å². The van der Waals surface area contributed by atoms with E-state index in [0.29, 0.717) is 12.0 Å². The number of aliphatic imine (C=N–C) groups is 1. The van der Waals surface area contributed by atoms with Gasteiger partial charge in [0.25, 0.3) is 0 Å². The summed E-state index contributed by atoms with van der Waals surface area (Å²) in [6.45, 7) is 2.22. The third-order valence-corrected chi connectivity index (χ3v) is 4.93. The van der Waals surface area contributed by atoms with Crippen molar-refractivity contribution in [2.75, 3.05) is 33.7 Å². The SMILES string of the molecule is CN(C)C(=O)CN=C(NC1CC1)N1CCC(Cc2cccnc2)CC1. The number of rotatable bonds is 5. The first-order valence-electron chi connectivity index (χ1n) is 9.27. The van der Waals surface area contributed by atoms with Crippen molar-refractivity contribution < 1.29 is 4.79 Å². The molecule has 1 aromatic rings. The second kappa shape index (κ2) is 8.32. The van der Waals surface area contributed by atoms with Crippen LogP contribution in [-0.4, -0.2) is 66.4 Å². The van der Waals surface area contributed by atoms with Crippen LogP contribution in [0.15, 0.2) is 29.5 Å². The molecule has 1 saturated carbocycles. The van der Waals surface area contributed by atoms with Crippen LogP contribution in [0.2, 0.25) is 0 Å². The van der Waals surface area contributed by atoms with Gasteiger partial charge >= 0.3 is 0 Å². The maximum absolute atomic E-state index is 11.9. The van der Waals surface area contributed by atoms with Crippen molar-refractivity contribution in [2.24, 2.45) is 10.9 Å². The van der Waals surface area contributed by atoms with E-state index in [2.05, 4.69) is 26.3 Å². The molecular formula is C19H29N5O. The fourth-order valence-corrected chi connectivity index (χ4v) is 3.13. The lowest BCUT2D eigenvalue weighted by Gasteiger charge is -2.34. The lowest BCUT2D eigenvalue weighted by Crippen LogP contribution is -2.47. The minimum atomic E-state index is 0.0431. The minimum Gasteiger partial charge on any atom is -0.353 e. The van der Waals surface area contributed by atoms with Crippen LogP contribution in [0.25, 0.3) is 0 Å². The molecule has 0 radical (unpaired) electrons. The normalized spacial score (nSPS) is 19.0. The third kappa shape index (κ3) is 5.44. The number of pyridine rings is 1. The van der Waals surface area contributed by atoms with Gasteiger partial charge in [-0.3, -0.25) is 9.78 Å². The molecule has 2 fully saturated rings. The van der Waals surface area contributed by atoms with Gasteiger partial charge in [-0.15, -0.1) is 0 Å². The summed E-state index contributed by atoms with van der Waals surface area (Å²) in [5.41, 5.74) is 1.32. The van der Waals surface area contributed by atoms with E-state index in [0.717, 1.165) is 38.3 Å². The lowest BCUT2D eigenvalue weighted by molar-refractivity contribution is -0.127. The first kappa shape index (κ1) is 17.7. The van der Waals surface area contributed by atoms with Gasteiger partial charge in [0.15, 0.2) is 5.96 Å². The van der Waals surface area contributed by atoms with Gasteiger partial charge in [0.2, 0.25) is 5.91 Å². The van der Waals surface area contributed by atoms with E-state index >= 15 is 0 Å². The summed E-state index contributed by atoms with van der Waals surface area (Å²) in [7, 11) is 3.55. The van der Waals surface area contributed by atoms with Crippen molar-refractivity contribution in [2.45, 2.75) is 38.1 Å². The maximum Gasteiger partial charge on any atom is 0.243 e. The topological polar surface area (TPSA) is 60.8 Å². The van der Waals surface area contributed by atoms with Crippen molar-refractivity contribution in [3.8, 4) is 0 Å². The summed E-state index contributed by atoms with van der Waals surface area (Å²) in [6, 6.07) is 4.71. The Balaban J connectivity index is 1.54. The molecular weight excluding hydrogens is 314 g/mol. The number of aromatic nitrogens is 1. The van der Waals surface area contributed by atoms with E-state index in [9.17, 15) is 4.79 Å². The summed E-state index contributed by atoms with van der Waals surface area (Å²) >= 11 is 0. The third-order valence-electron chi connectivity index (χ3n) is 4.93. The molecule has 0 bridgehead atoms. The zero-order valence-corrected chi connectivity index (χ0v) is 15.3. The van der Waals surface area contributed by atoms with Crippen molar-refractivity contribution >= 4 is 11.9 Å². The summed E-state index contributed by atoms with van der Waals surface area (Å²) in [5, 5.41) is 3.51. The van der Waals surface area contributed by atoms with Crippen LogP contribution in [0.5, 0.6) is 0 Å². The van der Waals surface area contributed by atoms with Crippen LogP contribution >= 0.6 is 0 Å². The number of carbonyl (C=O) groups excluding carboxylic acids is 1. The number of amides is 1. The molecule has 25 heavy (non-hydrogen) atoms. The standard InChI is InChI=1S/C19H29N5O/c1-23(2)18(25)14-21-19(22-17-5-6-17)24-10-7-15(8-11-24)12-16-4-3-9-20-13-16/h3-4,9,13,15,17H,5-8,10-12,14H2,1-2H3,(H,21,22). The predicted octanol–water partition coefficient (Wildman–Crippen LogP) is 1.53. The molecule has 6 nitrogen and oxygen atoms in total. The van der Waals surface area contributed by atoms with Crippen LogP contribution in [0.3, 0.4) is 0 Å². The molecule has 2 heterocycles. The number of piperidine rings is 1. The molecule has 3 rings (SSSR count). The Kier molecular flexibility index (Phi) is 5.89. The van der Waals surface area contributed by atoms with Gasteiger partial charge < -0.3 is 15.1 Å². The van der Waals surface area contributed by atoms with Gasteiger partial charge in [-0.25, -0.2) is 4.99 Å². The molecule has 1 aliphatic carbocycles. The first-order valence-corrected chi connectivity index (χ1v) is 9.27. The van der Waals surface area contributed by atoms with E-state index in [1.807, 2.05) is 18.5 Å². The van der Waals surface area contributed by atoms with Crippen LogP contribution in [0.4, 0.5) is 0 Å². The van der Waals surface area contributed by atoms with Crippen molar-refractivity contribution in [1.29, 1.82) is 0 Å². The van der Waals surface area contributed by atoms with Crippen LogP contribution in [0, 0.1) is 5.92 Å². The van der Waals surface area contributed by atoms with Crippen LogP contribution in [0.1, 0.15) is 31.2 Å². The van der Waals surface area contributed by atoms with E-state index in [1.165, 1.54) is 18.4 Å². The molecule has 136 valence electrons. The quantitative estimate of drug-likeness (QED) is 0.651. The summed E-state index contributed by atoms with van der Waals surface area (Å²) in [4.78, 5) is 24.6. The van der Waals surface area contributed by atoms with Gasteiger partial charge in [-0.2, -0.15) is 0 Å². The highest BCUT2D eigenvalue weighted by Gasteiger charge is 2.27. The smallest absolute Gasteiger partial charge is 0.243 e. The van der Waals surface area contributed by atoms with Crippen LogP contribution in [-0.2, 0) is 11.2 Å². The molecule has 0 aromatic carbocycles. The number of carbonyl (C=O) groups is 1. The second-order valence-corrected chi connectivity index (χ2v) is 7.34. The number of nitrogens with zero attached hydrogens (tertiary/aromatic N) is 4. The van der Waals surface area contributed by atoms with E-state index in [-0.39, 0.29) is 12.5 Å². The molecule has 0 atom stereocenters. The molecule has 1 amide bonds. The monoisotopic (exact) mass is 343 g/mol. The number of likely N-dealkylation sites (N-methyl/N-ethyl adjacent to an activating group) is 1. The van der Waals surface area contributed by atoms with Gasteiger partial charge in [0, 0.05) is 45.6 Å². The first-order chi connectivity index (χ1) is 12.1.